The lowest BCUT2D eigenvalue weighted by molar-refractivity contribution is -0.143. The molecule has 2 N–H and O–H groups in total. The summed E-state index contributed by atoms with van der Waals surface area (Å²) in [4.78, 5) is 34.7. The van der Waals surface area contributed by atoms with Gasteiger partial charge in [0.15, 0.2) is 0 Å². The van der Waals surface area contributed by atoms with Crippen molar-refractivity contribution in [1.82, 2.24) is 10.2 Å². The maximum atomic E-state index is 11.6. The van der Waals surface area contributed by atoms with Gasteiger partial charge in [0.25, 0.3) is 0 Å². The van der Waals surface area contributed by atoms with Crippen molar-refractivity contribution in [3.05, 3.63) is 35.4 Å². The summed E-state index contributed by atoms with van der Waals surface area (Å²) in [5, 5.41) is 11.1. The van der Waals surface area contributed by atoms with Crippen LogP contribution in [0.25, 0.3) is 0 Å². The number of amides is 2. The first-order valence-electron chi connectivity index (χ1n) is 6.66. The molecule has 0 spiro atoms. The van der Waals surface area contributed by atoms with Gasteiger partial charge in [-0.1, -0.05) is 29.8 Å². The molecule has 6 heteroatoms. The molecule has 0 fully saturated rings. The maximum absolute atomic E-state index is 11.6. The van der Waals surface area contributed by atoms with E-state index in [1.807, 2.05) is 31.2 Å². The van der Waals surface area contributed by atoms with Crippen LogP contribution in [0.5, 0.6) is 0 Å². The van der Waals surface area contributed by atoms with Gasteiger partial charge >= 0.3 is 5.97 Å². The van der Waals surface area contributed by atoms with E-state index in [1.54, 1.807) is 0 Å². The summed E-state index contributed by atoms with van der Waals surface area (Å²) in [6.07, 6.45) is 0.893. The molecule has 0 saturated carbocycles. The van der Waals surface area contributed by atoms with E-state index in [2.05, 4.69) is 5.32 Å². The van der Waals surface area contributed by atoms with Crippen molar-refractivity contribution in [3.8, 4) is 0 Å². The molecule has 0 unspecified atom stereocenters. The Hall–Kier alpha value is -2.37. The summed E-state index contributed by atoms with van der Waals surface area (Å²) in [6, 6.07) is 7.90. The number of carbonyl (C=O) groups is 3. The van der Waals surface area contributed by atoms with E-state index in [1.165, 1.54) is 7.05 Å². The number of carboxylic acid groups (broad SMARTS) is 1. The SMILES string of the molecule is Cc1ccc(CCC(=O)NCC(=O)N(C)CC(=O)O)cc1. The van der Waals surface area contributed by atoms with Gasteiger partial charge in [-0.15, -0.1) is 0 Å². The zero-order chi connectivity index (χ0) is 15.8. The first-order chi connectivity index (χ1) is 9.88. The van der Waals surface area contributed by atoms with Gasteiger partial charge in [-0.05, 0) is 18.9 Å². The number of hydrogen-bond acceptors (Lipinski definition) is 3. The van der Waals surface area contributed by atoms with Gasteiger partial charge < -0.3 is 15.3 Å². The summed E-state index contributed by atoms with van der Waals surface area (Å²) < 4.78 is 0. The second-order valence-corrected chi connectivity index (χ2v) is 4.91. The van der Waals surface area contributed by atoms with Gasteiger partial charge in [0.05, 0.1) is 6.54 Å². The number of benzene rings is 1. The van der Waals surface area contributed by atoms with Crippen LogP contribution in [-0.4, -0.2) is 47.9 Å². The molecule has 0 aromatic heterocycles. The third-order valence-corrected chi connectivity index (χ3v) is 3.00. The molecule has 0 atom stereocenters. The van der Waals surface area contributed by atoms with Crippen LogP contribution in [0.4, 0.5) is 0 Å². The molecule has 114 valence electrons. The summed E-state index contributed by atoms with van der Waals surface area (Å²) in [6.45, 7) is 1.43. The Morgan fingerprint density at radius 2 is 1.81 bits per heavy atom. The van der Waals surface area contributed by atoms with Crippen molar-refractivity contribution >= 4 is 17.8 Å². The van der Waals surface area contributed by atoms with E-state index in [9.17, 15) is 14.4 Å². The zero-order valence-electron chi connectivity index (χ0n) is 12.3. The number of likely N-dealkylation sites (N-methyl/N-ethyl adjacent to an activating group) is 1. The highest BCUT2D eigenvalue weighted by molar-refractivity contribution is 5.86. The van der Waals surface area contributed by atoms with Gasteiger partial charge in [-0.2, -0.15) is 0 Å². The topological polar surface area (TPSA) is 86.7 Å². The maximum Gasteiger partial charge on any atom is 0.323 e. The predicted molar refractivity (Wildman–Crippen MR) is 77.8 cm³/mol. The van der Waals surface area contributed by atoms with E-state index in [0.29, 0.717) is 12.8 Å². The summed E-state index contributed by atoms with van der Waals surface area (Å²) in [7, 11) is 1.38. The lowest BCUT2D eigenvalue weighted by atomic mass is 10.1. The second kappa shape index (κ2) is 8.04. The Morgan fingerprint density at radius 1 is 1.19 bits per heavy atom. The molecule has 6 nitrogen and oxygen atoms in total. The van der Waals surface area contributed by atoms with Gasteiger partial charge in [-0.25, -0.2) is 0 Å². The van der Waals surface area contributed by atoms with Crippen molar-refractivity contribution < 1.29 is 19.5 Å². The molecule has 1 rings (SSSR count). The summed E-state index contributed by atoms with van der Waals surface area (Å²) in [5.41, 5.74) is 2.22. The second-order valence-electron chi connectivity index (χ2n) is 4.91. The van der Waals surface area contributed by atoms with Crippen LogP contribution in [0.2, 0.25) is 0 Å². The number of nitrogens with zero attached hydrogens (tertiary/aromatic N) is 1. The minimum Gasteiger partial charge on any atom is -0.480 e. The highest BCUT2D eigenvalue weighted by atomic mass is 16.4. The fourth-order valence-electron chi connectivity index (χ4n) is 1.70. The number of hydrogen-bond donors (Lipinski definition) is 2. The van der Waals surface area contributed by atoms with Crippen molar-refractivity contribution in [3.63, 3.8) is 0 Å². The van der Waals surface area contributed by atoms with Gasteiger partial charge in [-0.3, -0.25) is 14.4 Å². The van der Waals surface area contributed by atoms with Crippen LogP contribution < -0.4 is 5.32 Å². The van der Waals surface area contributed by atoms with E-state index >= 15 is 0 Å². The number of carboxylic acids is 1. The number of nitrogens with one attached hydrogen (secondary N) is 1. The van der Waals surface area contributed by atoms with Crippen LogP contribution in [0.1, 0.15) is 17.5 Å². The van der Waals surface area contributed by atoms with Crippen LogP contribution in [-0.2, 0) is 20.8 Å². The van der Waals surface area contributed by atoms with E-state index < -0.39 is 11.9 Å². The van der Waals surface area contributed by atoms with Crippen molar-refractivity contribution in [1.29, 1.82) is 0 Å². The Morgan fingerprint density at radius 3 is 2.38 bits per heavy atom. The molecule has 0 bridgehead atoms. The minimum atomic E-state index is -1.09. The Labute approximate surface area is 123 Å². The Kier molecular flexibility index (Phi) is 6.39. The Bertz CT molecular complexity index is 511. The average molecular weight is 292 g/mol. The van der Waals surface area contributed by atoms with Gasteiger partial charge in [0.2, 0.25) is 11.8 Å². The highest BCUT2D eigenvalue weighted by Crippen LogP contribution is 2.05. The summed E-state index contributed by atoms with van der Waals surface area (Å²) in [5.74, 6) is -1.75. The number of carbonyl (C=O) groups excluding carboxylic acids is 2. The molecule has 21 heavy (non-hydrogen) atoms. The van der Waals surface area contributed by atoms with Gasteiger partial charge in [0.1, 0.15) is 6.54 Å². The standard InChI is InChI=1S/C15H20N2O4/c1-11-3-5-12(6-4-11)7-8-13(18)16-9-14(19)17(2)10-15(20)21/h3-6H,7-10H2,1-2H3,(H,16,18)(H,20,21). The minimum absolute atomic E-state index is 0.184. The largest absolute Gasteiger partial charge is 0.480 e. The number of aryl methyl sites for hydroxylation is 2. The van der Waals surface area contributed by atoms with E-state index in [-0.39, 0.29) is 19.0 Å². The first-order valence-corrected chi connectivity index (χ1v) is 6.66. The molecule has 1 aromatic rings. The van der Waals surface area contributed by atoms with E-state index in [4.69, 9.17) is 5.11 Å². The lowest BCUT2D eigenvalue weighted by Gasteiger charge is -2.14. The fourth-order valence-corrected chi connectivity index (χ4v) is 1.70. The molecule has 0 radical (unpaired) electrons. The molecule has 0 aliphatic rings. The zero-order valence-corrected chi connectivity index (χ0v) is 12.3. The molecule has 0 aliphatic heterocycles. The molecule has 0 aliphatic carbocycles. The monoisotopic (exact) mass is 292 g/mol. The third-order valence-electron chi connectivity index (χ3n) is 3.00. The molecule has 0 saturated heterocycles. The highest BCUT2D eigenvalue weighted by Gasteiger charge is 2.12. The van der Waals surface area contributed by atoms with Crippen molar-refractivity contribution in [2.45, 2.75) is 19.8 Å². The third kappa shape index (κ3) is 6.56. The van der Waals surface area contributed by atoms with Crippen molar-refractivity contribution in [2.24, 2.45) is 0 Å². The van der Waals surface area contributed by atoms with E-state index in [0.717, 1.165) is 16.0 Å². The lowest BCUT2D eigenvalue weighted by Crippen LogP contribution is -2.40. The number of aliphatic carboxylic acids is 1. The quantitative estimate of drug-likeness (QED) is 0.770. The Balaban J connectivity index is 2.29. The fraction of sp³-hybridized carbons (Fsp3) is 0.400. The van der Waals surface area contributed by atoms with Crippen LogP contribution in [0.3, 0.4) is 0 Å². The predicted octanol–water partition coefficient (Wildman–Crippen LogP) is 0.587. The smallest absolute Gasteiger partial charge is 0.323 e. The average Bonchev–Trinajstić information content (AvgIpc) is 2.43. The first kappa shape index (κ1) is 16.7. The number of rotatable bonds is 7. The molecule has 1 aromatic carbocycles. The van der Waals surface area contributed by atoms with Crippen LogP contribution in [0, 0.1) is 6.92 Å². The summed E-state index contributed by atoms with van der Waals surface area (Å²) >= 11 is 0. The van der Waals surface area contributed by atoms with Gasteiger partial charge in [0, 0.05) is 13.5 Å². The van der Waals surface area contributed by atoms with Crippen molar-refractivity contribution in [2.75, 3.05) is 20.1 Å². The van der Waals surface area contributed by atoms with Crippen LogP contribution in [0.15, 0.2) is 24.3 Å². The molecule has 2 amide bonds. The molecule has 0 heterocycles. The normalized spacial score (nSPS) is 10.0. The molecular weight excluding hydrogens is 272 g/mol. The molecular formula is C15H20N2O4. The van der Waals surface area contributed by atoms with Crippen LogP contribution >= 0.6 is 0 Å².